The molecule has 0 amide bonds. The van der Waals surface area contributed by atoms with Crippen LogP contribution >= 0.6 is 35.3 Å². The SMILES string of the molecule is CCc1cnc(CCNC(=NC)NCc2cccc(C)c2)s1.I. The molecule has 0 atom stereocenters. The van der Waals surface area contributed by atoms with Gasteiger partial charge in [-0.3, -0.25) is 4.99 Å². The summed E-state index contributed by atoms with van der Waals surface area (Å²) in [4.78, 5) is 10.0. The van der Waals surface area contributed by atoms with Gasteiger partial charge < -0.3 is 10.6 Å². The number of hydrogen-bond donors (Lipinski definition) is 2. The van der Waals surface area contributed by atoms with E-state index in [4.69, 9.17) is 0 Å². The minimum atomic E-state index is 0. The highest BCUT2D eigenvalue weighted by Crippen LogP contribution is 2.13. The minimum absolute atomic E-state index is 0. The summed E-state index contributed by atoms with van der Waals surface area (Å²) in [6, 6.07) is 8.49. The third-order valence-corrected chi connectivity index (χ3v) is 4.55. The van der Waals surface area contributed by atoms with Gasteiger partial charge in [0, 0.05) is 37.6 Å². The Labute approximate surface area is 159 Å². The Morgan fingerprint density at radius 3 is 2.78 bits per heavy atom. The number of aliphatic imine (C=N–C) groups is 1. The Morgan fingerprint density at radius 2 is 2.13 bits per heavy atom. The predicted molar refractivity (Wildman–Crippen MR) is 110 cm³/mol. The summed E-state index contributed by atoms with van der Waals surface area (Å²) in [5.41, 5.74) is 2.54. The van der Waals surface area contributed by atoms with Gasteiger partial charge in [-0.05, 0) is 18.9 Å². The monoisotopic (exact) mass is 444 g/mol. The Morgan fingerprint density at radius 1 is 1.30 bits per heavy atom. The van der Waals surface area contributed by atoms with Crippen molar-refractivity contribution in [2.24, 2.45) is 4.99 Å². The Kier molecular flexibility index (Phi) is 9.16. The van der Waals surface area contributed by atoms with E-state index < -0.39 is 0 Å². The maximum Gasteiger partial charge on any atom is 0.191 e. The number of nitrogens with one attached hydrogen (secondary N) is 2. The van der Waals surface area contributed by atoms with Gasteiger partial charge in [-0.25, -0.2) is 4.98 Å². The van der Waals surface area contributed by atoms with Gasteiger partial charge in [-0.15, -0.1) is 35.3 Å². The highest BCUT2D eigenvalue weighted by Gasteiger charge is 2.02. The lowest BCUT2D eigenvalue weighted by molar-refractivity contribution is 0.791. The van der Waals surface area contributed by atoms with Crippen molar-refractivity contribution >= 4 is 41.3 Å². The average molecular weight is 444 g/mol. The van der Waals surface area contributed by atoms with E-state index in [2.05, 4.69) is 58.7 Å². The number of benzene rings is 1. The molecule has 0 aliphatic rings. The van der Waals surface area contributed by atoms with Gasteiger partial charge in [0.15, 0.2) is 5.96 Å². The molecule has 0 spiro atoms. The highest BCUT2D eigenvalue weighted by molar-refractivity contribution is 14.0. The number of rotatable bonds is 6. The molecule has 0 aliphatic heterocycles. The number of thiazole rings is 1. The van der Waals surface area contributed by atoms with Crippen molar-refractivity contribution < 1.29 is 0 Å². The lowest BCUT2D eigenvalue weighted by Crippen LogP contribution is -2.37. The van der Waals surface area contributed by atoms with Crippen LogP contribution in [0.1, 0.15) is 27.9 Å². The Bertz CT molecular complexity index is 625. The lowest BCUT2D eigenvalue weighted by Gasteiger charge is -2.11. The predicted octanol–water partition coefficient (Wildman–Crippen LogP) is 3.54. The molecule has 1 aromatic carbocycles. The van der Waals surface area contributed by atoms with E-state index in [0.717, 1.165) is 31.9 Å². The van der Waals surface area contributed by atoms with E-state index in [1.807, 2.05) is 6.20 Å². The summed E-state index contributed by atoms with van der Waals surface area (Å²) in [6.45, 7) is 5.88. The first-order valence-corrected chi connectivity index (χ1v) is 8.46. The van der Waals surface area contributed by atoms with Crippen LogP contribution in [0.5, 0.6) is 0 Å². The van der Waals surface area contributed by atoms with Crippen molar-refractivity contribution in [3.05, 3.63) is 51.5 Å². The molecule has 0 unspecified atom stereocenters. The molecule has 2 rings (SSSR count). The summed E-state index contributed by atoms with van der Waals surface area (Å²) in [5, 5.41) is 7.85. The molecule has 2 N–H and O–H groups in total. The largest absolute Gasteiger partial charge is 0.356 e. The first-order valence-electron chi connectivity index (χ1n) is 7.65. The van der Waals surface area contributed by atoms with Crippen molar-refractivity contribution in [2.75, 3.05) is 13.6 Å². The fourth-order valence-electron chi connectivity index (χ4n) is 2.14. The van der Waals surface area contributed by atoms with E-state index in [1.165, 1.54) is 21.0 Å². The third kappa shape index (κ3) is 6.87. The van der Waals surface area contributed by atoms with Crippen molar-refractivity contribution in [2.45, 2.75) is 33.2 Å². The number of guanidine groups is 1. The summed E-state index contributed by atoms with van der Waals surface area (Å²) in [7, 11) is 1.80. The Balaban J connectivity index is 0.00000264. The van der Waals surface area contributed by atoms with Crippen LogP contribution in [0.3, 0.4) is 0 Å². The number of aryl methyl sites for hydroxylation is 2. The first kappa shape index (κ1) is 19.9. The fourth-order valence-corrected chi connectivity index (χ4v) is 3.01. The molecule has 0 saturated carbocycles. The van der Waals surface area contributed by atoms with Crippen molar-refractivity contribution in [1.82, 2.24) is 15.6 Å². The lowest BCUT2D eigenvalue weighted by atomic mass is 10.1. The molecule has 0 saturated heterocycles. The molecule has 0 aliphatic carbocycles. The van der Waals surface area contributed by atoms with Crippen LogP contribution in [0.15, 0.2) is 35.5 Å². The first-order chi connectivity index (χ1) is 10.7. The number of aromatic nitrogens is 1. The van der Waals surface area contributed by atoms with Crippen LogP contribution in [-0.4, -0.2) is 24.5 Å². The van der Waals surface area contributed by atoms with Gasteiger partial charge in [-0.2, -0.15) is 0 Å². The second-order valence-corrected chi connectivity index (χ2v) is 6.37. The molecule has 6 heteroatoms. The van der Waals surface area contributed by atoms with Crippen LogP contribution in [0.4, 0.5) is 0 Å². The minimum Gasteiger partial charge on any atom is -0.356 e. The smallest absolute Gasteiger partial charge is 0.191 e. The zero-order chi connectivity index (χ0) is 15.8. The molecule has 126 valence electrons. The van der Waals surface area contributed by atoms with Crippen molar-refractivity contribution in [1.29, 1.82) is 0 Å². The van der Waals surface area contributed by atoms with E-state index >= 15 is 0 Å². The molecular weight excluding hydrogens is 419 g/mol. The van der Waals surface area contributed by atoms with Gasteiger partial charge in [-0.1, -0.05) is 36.8 Å². The van der Waals surface area contributed by atoms with Crippen LogP contribution < -0.4 is 10.6 Å². The molecule has 23 heavy (non-hydrogen) atoms. The van der Waals surface area contributed by atoms with E-state index in [1.54, 1.807) is 18.4 Å². The van der Waals surface area contributed by atoms with Crippen LogP contribution in [0, 0.1) is 6.92 Å². The normalized spacial score (nSPS) is 11.0. The number of hydrogen-bond acceptors (Lipinski definition) is 3. The summed E-state index contributed by atoms with van der Waals surface area (Å²) >= 11 is 1.79. The fraction of sp³-hybridized carbons (Fsp3) is 0.412. The quantitative estimate of drug-likeness (QED) is 0.407. The van der Waals surface area contributed by atoms with Gasteiger partial charge in [0.1, 0.15) is 0 Å². The van der Waals surface area contributed by atoms with Crippen LogP contribution in [-0.2, 0) is 19.4 Å². The highest BCUT2D eigenvalue weighted by atomic mass is 127. The van der Waals surface area contributed by atoms with Gasteiger partial charge in [0.25, 0.3) is 0 Å². The maximum absolute atomic E-state index is 4.43. The zero-order valence-corrected chi connectivity index (χ0v) is 17.1. The topological polar surface area (TPSA) is 49.3 Å². The van der Waals surface area contributed by atoms with Gasteiger partial charge in [0.2, 0.25) is 0 Å². The van der Waals surface area contributed by atoms with Crippen molar-refractivity contribution in [3.63, 3.8) is 0 Å². The molecular formula is C17H25IN4S. The zero-order valence-electron chi connectivity index (χ0n) is 13.9. The van der Waals surface area contributed by atoms with Gasteiger partial charge >= 0.3 is 0 Å². The molecule has 1 aromatic heterocycles. The second kappa shape index (κ2) is 10.6. The molecule has 4 nitrogen and oxygen atoms in total. The standard InChI is InChI=1S/C17H24N4S.HI/c1-4-15-12-20-16(22-15)8-9-19-17(18-3)21-11-14-7-5-6-13(2)10-14;/h5-7,10,12H,4,8-9,11H2,1-3H3,(H2,18,19,21);1H. The summed E-state index contributed by atoms with van der Waals surface area (Å²) < 4.78 is 0. The van der Waals surface area contributed by atoms with Crippen LogP contribution in [0.2, 0.25) is 0 Å². The molecule has 1 heterocycles. The molecule has 0 radical (unpaired) electrons. The maximum atomic E-state index is 4.43. The van der Waals surface area contributed by atoms with E-state index in [9.17, 15) is 0 Å². The van der Waals surface area contributed by atoms with Crippen LogP contribution in [0.25, 0.3) is 0 Å². The van der Waals surface area contributed by atoms with Gasteiger partial charge in [0.05, 0.1) is 5.01 Å². The molecule has 0 bridgehead atoms. The summed E-state index contributed by atoms with van der Waals surface area (Å²) in [5.74, 6) is 0.828. The molecule has 0 fully saturated rings. The third-order valence-electron chi connectivity index (χ3n) is 3.35. The van der Waals surface area contributed by atoms with E-state index in [-0.39, 0.29) is 24.0 Å². The summed E-state index contributed by atoms with van der Waals surface area (Å²) in [6.07, 6.45) is 3.96. The Hall–Kier alpha value is -1.15. The molecule has 2 aromatic rings. The number of nitrogens with zero attached hydrogens (tertiary/aromatic N) is 2. The second-order valence-electron chi connectivity index (χ2n) is 5.17. The van der Waals surface area contributed by atoms with Crippen molar-refractivity contribution in [3.8, 4) is 0 Å². The number of halogens is 1. The van der Waals surface area contributed by atoms with E-state index in [0.29, 0.717) is 0 Å². The average Bonchev–Trinajstić information content (AvgIpc) is 2.98.